The van der Waals surface area contributed by atoms with Crippen LogP contribution in [0.15, 0.2) is 42.7 Å². The molecule has 2 aromatic rings. The van der Waals surface area contributed by atoms with E-state index < -0.39 is 5.97 Å². The van der Waals surface area contributed by atoms with Crippen molar-refractivity contribution in [2.45, 2.75) is 13.5 Å². The molecule has 3 rings (SSSR count). The van der Waals surface area contributed by atoms with E-state index in [-0.39, 0.29) is 5.56 Å². The number of aromatic nitrogens is 1. The first-order chi connectivity index (χ1) is 13.4. The van der Waals surface area contributed by atoms with Crippen molar-refractivity contribution < 1.29 is 14.6 Å². The molecule has 1 aromatic carbocycles. The molecule has 0 atom stereocenters. The Balaban J connectivity index is 1.72. The van der Waals surface area contributed by atoms with Crippen LogP contribution >= 0.6 is 0 Å². The Kier molecular flexibility index (Phi) is 6.25. The number of aromatic carboxylic acids is 1. The van der Waals surface area contributed by atoms with Gasteiger partial charge in [0.05, 0.1) is 35.9 Å². The summed E-state index contributed by atoms with van der Waals surface area (Å²) in [5.41, 5.74) is 9.90. The van der Waals surface area contributed by atoms with Gasteiger partial charge in [0.1, 0.15) is 0 Å². The lowest BCUT2D eigenvalue weighted by Crippen LogP contribution is -2.35. The summed E-state index contributed by atoms with van der Waals surface area (Å²) < 4.78 is 5.36. The molecule has 28 heavy (non-hydrogen) atoms. The van der Waals surface area contributed by atoms with Gasteiger partial charge in [0.2, 0.25) is 0 Å². The smallest absolute Gasteiger partial charge is 0.335 e. The summed E-state index contributed by atoms with van der Waals surface area (Å²) >= 11 is 0. The SMILES string of the molecule is Cc1ccc(C(=O)O)cc1N(N)C=C(N)c1ccc(CN2CCOCC2)nc1. The number of ether oxygens (including phenoxy) is 1. The van der Waals surface area contributed by atoms with Gasteiger partial charge in [-0.1, -0.05) is 6.07 Å². The van der Waals surface area contributed by atoms with Crippen molar-refractivity contribution in [3.8, 4) is 0 Å². The van der Waals surface area contributed by atoms with E-state index in [0.29, 0.717) is 11.4 Å². The molecule has 1 saturated heterocycles. The van der Waals surface area contributed by atoms with E-state index in [1.807, 2.05) is 19.1 Å². The molecule has 5 N–H and O–H groups in total. The zero-order valence-corrected chi connectivity index (χ0v) is 15.8. The van der Waals surface area contributed by atoms with Gasteiger partial charge in [0, 0.05) is 37.6 Å². The van der Waals surface area contributed by atoms with Gasteiger partial charge in [-0.05, 0) is 36.8 Å². The molecular formula is C20H25N5O3. The van der Waals surface area contributed by atoms with Crippen molar-refractivity contribution >= 4 is 17.4 Å². The molecule has 0 saturated carbocycles. The molecule has 0 bridgehead atoms. The zero-order valence-electron chi connectivity index (χ0n) is 15.8. The number of hydrogen-bond donors (Lipinski definition) is 3. The number of benzene rings is 1. The standard InChI is InChI=1S/C20H25N5O3/c1-14-2-3-15(20(26)27)10-19(14)25(22)13-18(21)16-4-5-17(23-11-16)12-24-6-8-28-9-7-24/h2-5,10-11,13H,6-9,12,21-22H2,1H3,(H,26,27). The number of rotatable bonds is 6. The van der Waals surface area contributed by atoms with Crippen LogP contribution in [0.4, 0.5) is 5.69 Å². The van der Waals surface area contributed by atoms with E-state index in [1.54, 1.807) is 24.5 Å². The van der Waals surface area contributed by atoms with E-state index in [0.717, 1.165) is 49.7 Å². The molecule has 0 spiro atoms. The van der Waals surface area contributed by atoms with E-state index in [2.05, 4.69) is 9.88 Å². The fourth-order valence-corrected chi connectivity index (χ4v) is 2.99. The Bertz CT molecular complexity index is 861. The van der Waals surface area contributed by atoms with Crippen molar-refractivity contribution in [2.24, 2.45) is 11.6 Å². The number of hydrogen-bond acceptors (Lipinski definition) is 7. The summed E-state index contributed by atoms with van der Waals surface area (Å²) in [6.45, 7) is 5.94. The number of carboxylic acids is 1. The lowest BCUT2D eigenvalue weighted by atomic mass is 10.1. The minimum absolute atomic E-state index is 0.164. The largest absolute Gasteiger partial charge is 0.478 e. The van der Waals surface area contributed by atoms with Crippen LogP contribution in [0.3, 0.4) is 0 Å². The number of carbonyl (C=O) groups is 1. The third-order valence-corrected chi connectivity index (χ3v) is 4.66. The van der Waals surface area contributed by atoms with Crippen molar-refractivity contribution in [1.82, 2.24) is 9.88 Å². The predicted octanol–water partition coefficient (Wildman–Crippen LogP) is 1.56. The van der Waals surface area contributed by atoms with Gasteiger partial charge in [0.25, 0.3) is 0 Å². The number of morpholine rings is 1. The molecule has 8 heteroatoms. The lowest BCUT2D eigenvalue weighted by molar-refractivity contribution is 0.0336. The number of nitrogens with zero attached hydrogens (tertiary/aromatic N) is 3. The highest BCUT2D eigenvalue weighted by Crippen LogP contribution is 2.21. The van der Waals surface area contributed by atoms with Crippen molar-refractivity contribution in [3.05, 3.63) is 65.1 Å². The minimum Gasteiger partial charge on any atom is -0.478 e. The fourth-order valence-electron chi connectivity index (χ4n) is 2.99. The highest BCUT2D eigenvalue weighted by atomic mass is 16.5. The molecular weight excluding hydrogens is 358 g/mol. The fraction of sp³-hybridized carbons (Fsp3) is 0.300. The highest BCUT2D eigenvalue weighted by Gasteiger charge is 2.12. The van der Waals surface area contributed by atoms with Gasteiger partial charge < -0.3 is 15.6 Å². The van der Waals surface area contributed by atoms with Crippen LogP contribution in [0.25, 0.3) is 5.70 Å². The summed E-state index contributed by atoms with van der Waals surface area (Å²) in [4.78, 5) is 18.0. The van der Waals surface area contributed by atoms with Gasteiger partial charge in [-0.15, -0.1) is 0 Å². The highest BCUT2D eigenvalue weighted by molar-refractivity contribution is 5.89. The van der Waals surface area contributed by atoms with Gasteiger partial charge in [-0.25, -0.2) is 10.6 Å². The normalized spacial score (nSPS) is 15.4. The molecule has 1 aliphatic heterocycles. The van der Waals surface area contributed by atoms with Gasteiger partial charge in [-0.3, -0.25) is 14.9 Å². The zero-order chi connectivity index (χ0) is 20.1. The summed E-state index contributed by atoms with van der Waals surface area (Å²) in [5, 5.41) is 10.5. The van der Waals surface area contributed by atoms with Crippen LogP contribution in [0.5, 0.6) is 0 Å². The monoisotopic (exact) mass is 383 g/mol. The Morgan fingerprint density at radius 3 is 2.64 bits per heavy atom. The van der Waals surface area contributed by atoms with Crippen LogP contribution in [0.1, 0.15) is 27.2 Å². The third kappa shape index (κ3) is 4.86. The van der Waals surface area contributed by atoms with Crippen LogP contribution in [-0.4, -0.2) is 47.3 Å². The second-order valence-electron chi connectivity index (χ2n) is 6.72. The van der Waals surface area contributed by atoms with Gasteiger partial charge >= 0.3 is 5.97 Å². The molecule has 1 aromatic heterocycles. The number of aryl methyl sites for hydroxylation is 1. The number of anilines is 1. The maximum Gasteiger partial charge on any atom is 0.335 e. The molecule has 0 radical (unpaired) electrons. The first-order valence-electron chi connectivity index (χ1n) is 9.04. The molecule has 1 aliphatic rings. The number of carboxylic acid groups (broad SMARTS) is 1. The van der Waals surface area contributed by atoms with Gasteiger partial charge in [0.15, 0.2) is 0 Å². The summed E-state index contributed by atoms with van der Waals surface area (Å²) in [7, 11) is 0. The average Bonchev–Trinajstić information content (AvgIpc) is 2.69. The maximum atomic E-state index is 11.2. The Morgan fingerprint density at radius 2 is 2.00 bits per heavy atom. The lowest BCUT2D eigenvalue weighted by Gasteiger charge is -2.26. The van der Waals surface area contributed by atoms with E-state index in [1.165, 1.54) is 11.1 Å². The molecule has 0 unspecified atom stereocenters. The predicted molar refractivity (Wildman–Crippen MR) is 107 cm³/mol. The summed E-state index contributed by atoms with van der Waals surface area (Å²) in [5.74, 6) is 5.09. The van der Waals surface area contributed by atoms with Crippen molar-refractivity contribution in [3.63, 3.8) is 0 Å². The average molecular weight is 383 g/mol. The Morgan fingerprint density at radius 1 is 1.29 bits per heavy atom. The molecule has 0 amide bonds. The quantitative estimate of drug-likeness (QED) is 0.508. The van der Waals surface area contributed by atoms with Crippen molar-refractivity contribution in [2.75, 3.05) is 31.3 Å². The molecule has 0 aliphatic carbocycles. The number of pyridine rings is 1. The van der Waals surface area contributed by atoms with Crippen LogP contribution in [-0.2, 0) is 11.3 Å². The number of hydrazine groups is 1. The molecule has 148 valence electrons. The van der Waals surface area contributed by atoms with E-state index >= 15 is 0 Å². The van der Waals surface area contributed by atoms with Crippen LogP contribution in [0.2, 0.25) is 0 Å². The van der Waals surface area contributed by atoms with Crippen molar-refractivity contribution in [1.29, 1.82) is 0 Å². The molecule has 8 nitrogen and oxygen atoms in total. The number of nitrogens with two attached hydrogens (primary N) is 2. The summed E-state index contributed by atoms with van der Waals surface area (Å²) in [6.07, 6.45) is 3.28. The van der Waals surface area contributed by atoms with E-state index in [4.69, 9.17) is 21.4 Å². The third-order valence-electron chi connectivity index (χ3n) is 4.66. The second-order valence-corrected chi connectivity index (χ2v) is 6.72. The summed E-state index contributed by atoms with van der Waals surface area (Å²) in [6, 6.07) is 8.63. The first-order valence-corrected chi connectivity index (χ1v) is 9.04. The first kappa shape index (κ1) is 19.8. The Labute approximate surface area is 164 Å². The van der Waals surface area contributed by atoms with E-state index in [9.17, 15) is 4.79 Å². The Hall–Kier alpha value is -2.94. The molecule has 1 fully saturated rings. The van der Waals surface area contributed by atoms with Crippen LogP contribution < -0.4 is 16.6 Å². The minimum atomic E-state index is -1.01. The topological polar surface area (TPSA) is 118 Å². The molecule has 2 heterocycles. The second kappa shape index (κ2) is 8.83. The maximum absolute atomic E-state index is 11.2. The van der Waals surface area contributed by atoms with Gasteiger partial charge in [-0.2, -0.15) is 0 Å². The van der Waals surface area contributed by atoms with Crippen LogP contribution in [0, 0.1) is 6.92 Å².